The normalized spacial score (nSPS) is 31.4. The van der Waals surface area contributed by atoms with E-state index in [-0.39, 0.29) is 24.0 Å². The summed E-state index contributed by atoms with van der Waals surface area (Å²) in [4.78, 5) is 17.5. The van der Waals surface area contributed by atoms with Crippen molar-refractivity contribution < 1.29 is 14.4 Å². The zero-order valence-corrected chi connectivity index (χ0v) is 10.6. The Balaban J connectivity index is 1.79. The van der Waals surface area contributed by atoms with Gasteiger partial charge in [-0.25, -0.2) is 0 Å². The molecule has 96 valence electrons. The molecule has 18 heavy (non-hydrogen) atoms. The number of benzene rings is 1. The highest BCUT2D eigenvalue weighted by Crippen LogP contribution is 2.34. The van der Waals surface area contributed by atoms with Crippen LogP contribution in [0.4, 0.5) is 0 Å². The molecule has 2 fully saturated rings. The molecule has 4 nitrogen and oxygen atoms in total. The molecule has 0 bridgehead atoms. The number of carbonyl (C=O) groups is 1. The van der Waals surface area contributed by atoms with Crippen LogP contribution in [0.5, 0.6) is 0 Å². The van der Waals surface area contributed by atoms with Crippen LogP contribution in [-0.2, 0) is 20.9 Å². The monoisotopic (exact) mass is 247 g/mol. The zero-order valence-electron chi connectivity index (χ0n) is 10.6. The van der Waals surface area contributed by atoms with Crippen LogP contribution in [0.2, 0.25) is 0 Å². The molecule has 3 rings (SSSR count). The molecular weight excluding hydrogens is 230 g/mol. The Hall–Kier alpha value is -1.39. The minimum absolute atomic E-state index is 0.0376. The van der Waals surface area contributed by atoms with Crippen molar-refractivity contribution in [3.05, 3.63) is 35.4 Å². The summed E-state index contributed by atoms with van der Waals surface area (Å²) >= 11 is 0. The molecular formula is C14H17NO3. The lowest BCUT2D eigenvalue weighted by atomic mass is 9.99. The summed E-state index contributed by atoms with van der Waals surface area (Å²) in [5.74, 6) is 0.0140. The third-order valence-electron chi connectivity index (χ3n) is 3.88. The number of fused-ring (bicyclic) bond motifs is 1. The number of carbonyl (C=O) groups excluding carboxylic acids is 1. The Kier molecular flexibility index (Phi) is 2.84. The van der Waals surface area contributed by atoms with Crippen molar-refractivity contribution in [2.75, 3.05) is 6.61 Å². The lowest BCUT2D eigenvalue weighted by molar-refractivity contribution is -0.173. The van der Waals surface area contributed by atoms with E-state index in [1.54, 1.807) is 5.06 Å². The van der Waals surface area contributed by atoms with E-state index in [0.717, 1.165) is 0 Å². The molecule has 0 saturated carbocycles. The van der Waals surface area contributed by atoms with Crippen molar-refractivity contribution in [2.24, 2.45) is 5.92 Å². The third-order valence-corrected chi connectivity index (χ3v) is 3.88. The molecule has 1 aromatic rings. The maximum absolute atomic E-state index is 11.8. The first-order valence-electron chi connectivity index (χ1n) is 6.31. The molecule has 0 N–H and O–H groups in total. The van der Waals surface area contributed by atoms with Crippen LogP contribution in [0.25, 0.3) is 0 Å². The molecule has 2 aliphatic rings. The van der Waals surface area contributed by atoms with Gasteiger partial charge in [-0.3, -0.25) is 9.63 Å². The number of cyclic esters (lactones) is 1. The van der Waals surface area contributed by atoms with E-state index in [1.165, 1.54) is 11.1 Å². The zero-order chi connectivity index (χ0) is 12.7. The van der Waals surface area contributed by atoms with Crippen molar-refractivity contribution >= 4 is 5.97 Å². The molecule has 0 radical (unpaired) electrons. The first kappa shape index (κ1) is 11.7. The summed E-state index contributed by atoms with van der Waals surface area (Å²) in [7, 11) is 0. The maximum Gasteiger partial charge on any atom is 0.326 e. The van der Waals surface area contributed by atoms with Gasteiger partial charge in [0.15, 0.2) is 0 Å². The highest BCUT2D eigenvalue weighted by Gasteiger charge is 2.51. The molecule has 4 heteroatoms. The predicted octanol–water partition coefficient (Wildman–Crippen LogP) is 1.67. The minimum atomic E-state index is -0.236. The highest BCUT2D eigenvalue weighted by atomic mass is 16.7. The Morgan fingerprint density at radius 1 is 1.39 bits per heavy atom. The van der Waals surface area contributed by atoms with Gasteiger partial charge in [0.05, 0.1) is 13.2 Å². The van der Waals surface area contributed by atoms with Gasteiger partial charge in [0.25, 0.3) is 0 Å². The Bertz CT molecular complexity index is 474. The topological polar surface area (TPSA) is 38.8 Å². The average Bonchev–Trinajstić information content (AvgIpc) is 2.86. The number of rotatable bonds is 2. The van der Waals surface area contributed by atoms with Crippen molar-refractivity contribution in [1.82, 2.24) is 5.06 Å². The van der Waals surface area contributed by atoms with Gasteiger partial charge in [0.1, 0.15) is 12.1 Å². The minimum Gasteiger partial charge on any atom is -0.461 e. The number of hydrogen-bond donors (Lipinski definition) is 0. The summed E-state index contributed by atoms with van der Waals surface area (Å²) in [6.45, 7) is 5.21. The Labute approximate surface area is 106 Å². The van der Waals surface area contributed by atoms with Crippen LogP contribution in [-0.4, -0.2) is 29.8 Å². The van der Waals surface area contributed by atoms with Crippen LogP contribution in [0.3, 0.4) is 0 Å². The first-order valence-corrected chi connectivity index (χ1v) is 6.31. The van der Waals surface area contributed by atoms with Gasteiger partial charge in [0.2, 0.25) is 0 Å². The fraction of sp³-hybridized carbons (Fsp3) is 0.500. The van der Waals surface area contributed by atoms with Gasteiger partial charge in [-0.15, -0.1) is 0 Å². The number of nitrogens with zero attached hydrogens (tertiary/aromatic N) is 1. The number of esters is 1. The molecule has 0 aliphatic carbocycles. The van der Waals surface area contributed by atoms with Gasteiger partial charge in [-0.1, -0.05) is 24.3 Å². The second kappa shape index (κ2) is 4.37. The largest absolute Gasteiger partial charge is 0.461 e. The smallest absolute Gasteiger partial charge is 0.326 e. The lowest BCUT2D eigenvalue weighted by Gasteiger charge is -2.19. The number of aryl methyl sites for hydroxylation is 1. The lowest BCUT2D eigenvalue weighted by Crippen LogP contribution is -2.35. The van der Waals surface area contributed by atoms with Gasteiger partial charge in [0, 0.05) is 5.92 Å². The van der Waals surface area contributed by atoms with Gasteiger partial charge < -0.3 is 4.74 Å². The first-order chi connectivity index (χ1) is 8.66. The predicted molar refractivity (Wildman–Crippen MR) is 65.5 cm³/mol. The second-order valence-corrected chi connectivity index (χ2v) is 5.05. The van der Waals surface area contributed by atoms with Crippen LogP contribution in [0, 0.1) is 12.8 Å². The Morgan fingerprint density at radius 3 is 2.94 bits per heavy atom. The molecule has 2 aliphatic heterocycles. The van der Waals surface area contributed by atoms with Crippen LogP contribution in [0.15, 0.2) is 24.3 Å². The second-order valence-electron chi connectivity index (χ2n) is 5.05. The summed E-state index contributed by atoms with van der Waals surface area (Å²) in [5, 5.41) is 1.78. The van der Waals surface area contributed by atoms with E-state index >= 15 is 0 Å². The third kappa shape index (κ3) is 1.82. The molecule has 1 aromatic carbocycles. The van der Waals surface area contributed by atoms with Crippen LogP contribution < -0.4 is 0 Å². The standard InChI is InChI=1S/C14H17NO3/c1-9-5-3-4-6-11(9)7-15-13-12(8-17-15)10(2)18-14(13)16/h3-6,10,12-13H,7-8H2,1-2H3. The van der Waals surface area contributed by atoms with Gasteiger partial charge >= 0.3 is 5.97 Å². The molecule has 2 heterocycles. The van der Waals surface area contributed by atoms with Crippen LogP contribution in [0.1, 0.15) is 18.1 Å². The van der Waals surface area contributed by atoms with Crippen molar-refractivity contribution in [3.8, 4) is 0 Å². The van der Waals surface area contributed by atoms with Crippen molar-refractivity contribution in [2.45, 2.75) is 32.5 Å². The van der Waals surface area contributed by atoms with E-state index in [0.29, 0.717) is 13.2 Å². The van der Waals surface area contributed by atoms with Gasteiger partial charge in [-0.2, -0.15) is 5.06 Å². The molecule has 0 amide bonds. The SMILES string of the molecule is Cc1ccccc1CN1OCC2C(C)OC(=O)C21. The molecule has 2 saturated heterocycles. The van der Waals surface area contributed by atoms with E-state index in [4.69, 9.17) is 9.57 Å². The highest BCUT2D eigenvalue weighted by molar-refractivity contribution is 5.78. The average molecular weight is 247 g/mol. The fourth-order valence-electron chi connectivity index (χ4n) is 2.69. The summed E-state index contributed by atoms with van der Waals surface area (Å²) < 4.78 is 5.27. The van der Waals surface area contributed by atoms with Crippen molar-refractivity contribution in [3.63, 3.8) is 0 Å². The fourth-order valence-corrected chi connectivity index (χ4v) is 2.69. The number of ether oxygens (including phenoxy) is 1. The van der Waals surface area contributed by atoms with Crippen molar-refractivity contribution in [1.29, 1.82) is 0 Å². The van der Waals surface area contributed by atoms with E-state index < -0.39 is 0 Å². The maximum atomic E-state index is 11.8. The molecule has 3 atom stereocenters. The van der Waals surface area contributed by atoms with Gasteiger partial charge in [-0.05, 0) is 25.0 Å². The van der Waals surface area contributed by atoms with E-state index in [1.807, 2.05) is 19.1 Å². The molecule has 0 spiro atoms. The Morgan fingerprint density at radius 2 is 2.17 bits per heavy atom. The quantitative estimate of drug-likeness (QED) is 0.745. The molecule has 3 unspecified atom stereocenters. The summed E-state index contributed by atoms with van der Waals surface area (Å²) in [6, 6.07) is 7.91. The van der Waals surface area contributed by atoms with Crippen LogP contribution >= 0.6 is 0 Å². The summed E-state index contributed by atoms with van der Waals surface area (Å²) in [5.41, 5.74) is 2.40. The summed E-state index contributed by atoms with van der Waals surface area (Å²) in [6.07, 6.45) is -0.0376. The number of hydroxylamine groups is 2. The molecule has 0 aromatic heterocycles. The van der Waals surface area contributed by atoms with E-state index in [9.17, 15) is 4.79 Å². The van der Waals surface area contributed by atoms with E-state index in [2.05, 4.69) is 19.1 Å². The number of hydrogen-bond acceptors (Lipinski definition) is 4.